The highest BCUT2D eigenvalue weighted by atomic mass is 79.9. The van der Waals surface area contributed by atoms with Crippen LogP contribution in [-0.4, -0.2) is 13.2 Å². The molecule has 1 aromatic carbocycles. The molecule has 0 fully saturated rings. The van der Waals surface area contributed by atoms with Gasteiger partial charge >= 0.3 is 0 Å². The number of benzene rings is 1. The van der Waals surface area contributed by atoms with E-state index in [4.69, 9.17) is 4.74 Å². The third-order valence-electron chi connectivity index (χ3n) is 2.15. The Morgan fingerprint density at radius 3 is 2.94 bits per heavy atom. The predicted octanol–water partition coefficient (Wildman–Crippen LogP) is 3.51. The topological polar surface area (TPSA) is 21.3 Å². The summed E-state index contributed by atoms with van der Waals surface area (Å²) in [6, 6.07) is 6.17. The average molecular weight is 284 g/mol. The highest BCUT2D eigenvalue weighted by Gasteiger charge is 2.01. The average Bonchev–Trinajstić information content (AvgIpc) is 2.29. The lowest BCUT2D eigenvalue weighted by atomic mass is 10.2. The standard InChI is InChI=1S/C13H18BrNO/c1-3-5-8-16-13-7-6-11(9-12(13)14)10-15-4-2/h3,6-7,9,15H,1,4-5,8,10H2,2H3. The molecule has 1 N–H and O–H groups in total. The van der Waals surface area contributed by atoms with E-state index >= 15 is 0 Å². The minimum Gasteiger partial charge on any atom is -0.492 e. The van der Waals surface area contributed by atoms with Crippen molar-refractivity contribution in [2.45, 2.75) is 19.9 Å². The van der Waals surface area contributed by atoms with Gasteiger partial charge in [-0.25, -0.2) is 0 Å². The quantitative estimate of drug-likeness (QED) is 0.611. The van der Waals surface area contributed by atoms with E-state index < -0.39 is 0 Å². The van der Waals surface area contributed by atoms with Gasteiger partial charge in [0, 0.05) is 6.54 Å². The molecule has 0 unspecified atom stereocenters. The molecule has 0 aliphatic carbocycles. The van der Waals surface area contributed by atoms with Crippen LogP contribution in [-0.2, 0) is 6.54 Å². The van der Waals surface area contributed by atoms with Crippen LogP contribution in [0.15, 0.2) is 35.3 Å². The van der Waals surface area contributed by atoms with Gasteiger partial charge in [-0.3, -0.25) is 0 Å². The lowest BCUT2D eigenvalue weighted by Gasteiger charge is -2.09. The zero-order valence-electron chi connectivity index (χ0n) is 9.63. The molecular weight excluding hydrogens is 266 g/mol. The molecule has 88 valence electrons. The fraction of sp³-hybridized carbons (Fsp3) is 0.385. The summed E-state index contributed by atoms with van der Waals surface area (Å²) in [6.45, 7) is 8.31. The highest BCUT2D eigenvalue weighted by Crippen LogP contribution is 2.26. The van der Waals surface area contributed by atoms with Crippen molar-refractivity contribution in [1.82, 2.24) is 5.32 Å². The number of nitrogens with one attached hydrogen (secondary N) is 1. The van der Waals surface area contributed by atoms with Crippen molar-refractivity contribution < 1.29 is 4.74 Å². The molecule has 1 rings (SSSR count). The van der Waals surface area contributed by atoms with Gasteiger partial charge in [0.1, 0.15) is 5.75 Å². The van der Waals surface area contributed by atoms with Crippen molar-refractivity contribution in [3.05, 3.63) is 40.9 Å². The molecule has 2 nitrogen and oxygen atoms in total. The lowest BCUT2D eigenvalue weighted by Crippen LogP contribution is -2.11. The van der Waals surface area contributed by atoms with Gasteiger partial charge in [-0.15, -0.1) is 6.58 Å². The normalized spacial score (nSPS) is 10.1. The lowest BCUT2D eigenvalue weighted by molar-refractivity contribution is 0.323. The molecule has 0 aliphatic heterocycles. The number of rotatable bonds is 7. The van der Waals surface area contributed by atoms with E-state index in [1.54, 1.807) is 0 Å². The summed E-state index contributed by atoms with van der Waals surface area (Å²) in [7, 11) is 0. The van der Waals surface area contributed by atoms with Gasteiger partial charge in [-0.05, 0) is 46.6 Å². The molecule has 0 radical (unpaired) electrons. The van der Waals surface area contributed by atoms with Crippen molar-refractivity contribution in [2.24, 2.45) is 0 Å². The second-order valence-corrected chi connectivity index (χ2v) is 4.33. The number of hydrogen-bond acceptors (Lipinski definition) is 2. The summed E-state index contributed by atoms with van der Waals surface area (Å²) in [6.07, 6.45) is 2.72. The first kappa shape index (κ1) is 13.3. The van der Waals surface area contributed by atoms with Crippen LogP contribution < -0.4 is 10.1 Å². The predicted molar refractivity (Wildman–Crippen MR) is 71.8 cm³/mol. The molecule has 0 atom stereocenters. The van der Waals surface area contributed by atoms with Gasteiger partial charge in [0.15, 0.2) is 0 Å². The van der Waals surface area contributed by atoms with Crippen molar-refractivity contribution >= 4 is 15.9 Å². The van der Waals surface area contributed by atoms with E-state index in [0.717, 1.165) is 29.7 Å². The Bertz CT molecular complexity index is 339. The third-order valence-corrected chi connectivity index (χ3v) is 2.77. The number of hydrogen-bond donors (Lipinski definition) is 1. The maximum absolute atomic E-state index is 5.60. The monoisotopic (exact) mass is 283 g/mol. The summed E-state index contributed by atoms with van der Waals surface area (Å²) in [5.74, 6) is 0.891. The van der Waals surface area contributed by atoms with Crippen LogP contribution in [0, 0.1) is 0 Å². The maximum Gasteiger partial charge on any atom is 0.133 e. The first-order valence-electron chi connectivity index (χ1n) is 5.50. The molecule has 3 heteroatoms. The van der Waals surface area contributed by atoms with E-state index in [2.05, 4.69) is 46.9 Å². The fourth-order valence-corrected chi connectivity index (χ4v) is 1.83. The first-order valence-corrected chi connectivity index (χ1v) is 6.30. The largest absolute Gasteiger partial charge is 0.492 e. The molecule has 1 aromatic rings. The summed E-state index contributed by atoms with van der Waals surface area (Å²) < 4.78 is 6.60. The van der Waals surface area contributed by atoms with Gasteiger partial charge < -0.3 is 10.1 Å². The Labute approximate surface area is 106 Å². The second kappa shape index (κ2) is 7.47. The van der Waals surface area contributed by atoms with Gasteiger partial charge in [0.25, 0.3) is 0 Å². The van der Waals surface area contributed by atoms with E-state index in [0.29, 0.717) is 6.61 Å². The Balaban J connectivity index is 2.56. The number of halogens is 1. The maximum atomic E-state index is 5.60. The Morgan fingerprint density at radius 1 is 1.50 bits per heavy atom. The van der Waals surface area contributed by atoms with Gasteiger partial charge in [-0.2, -0.15) is 0 Å². The summed E-state index contributed by atoms with van der Waals surface area (Å²) in [5, 5.41) is 3.29. The van der Waals surface area contributed by atoms with Crippen molar-refractivity contribution in [3.63, 3.8) is 0 Å². The molecule has 0 bridgehead atoms. The Kier molecular flexibility index (Phi) is 6.19. The van der Waals surface area contributed by atoms with Crippen molar-refractivity contribution in [2.75, 3.05) is 13.2 Å². The fourth-order valence-electron chi connectivity index (χ4n) is 1.29. The van der Waals surface area contributed by atoms with E-state index in [1.165, 1.54) is 5.56 Å². The molecule has 0 spiro atoms. The summed E-state index contributed by atoms with van der Waals surface area (Å²) >= 11 is 3.51. The van der Waals surface area contributed by atoms with Gasteiger partial charge in [0.2, 0.25) is 0 Å². The van der Waals surface area contributed by atoms with Crippen LogP contribution in [0.4, 0.5) is 0 Å². The van der Waals surface area contributed by atoms with E-state index in [9.17, 15) is 0 Å². The molecule has 0 saturated carbocycles. The summed E-state index contributed by atoms with van der Waals surface area (Å²) in [4.78, 5) is 0. The van der Waals surface area contributed by atoms with Crippen LogP contribution in [0.3, 0.4) is 0 Å². The molecule has 0 aliphatic rings. The smallest absolute Gasteiger partial charge is 0.133 e. The van der Waals surface area contributed by atoms with E-state index in [1.807, 2.05) is 12.1 Å². The van der Waals surface area contributed by atoms with Crippen molar-refractivity contribution in [3.8, 4) is 5.75 Å². The van der Waals surface area contributed by atoms with Crippen LogP contribution in [0.1, 0.15) is 18.9 Å². The minimum atomic E-state index is 0.675. The third kappa shape index (κ3) is 4.37. The van der Waals surface area contributed by atoms with Gasteiger partial charge in [0.05, 0.1) is 11.1 Å². The van der Waals surface area contributed by atoms with Crippen LogP contribution >= 0.6 is 15.9 Å². The summed E-state index contributed by atoms with van der Waals surface area (Å²) in [5.41, 5.74) is 1.25. The van der Waals surface area contributed by atoms with Gasteiger partial charge in [-0.1, -0.05) is 19.1 Å². The minimum absolute atomic E-state index is 0.675. The molecular formula is C13H18BrNO. The van der Waals surface area contributed by atoms with Crippen LogP contribution in [0.2, 0.25) is 0 Å². The Hall–Kier alpha value is -0.800. The second-order valence-electron chi connectivity index (χ2n) is 3.47. The molecule has 0 amide bonds. The van der Waals surface area contributed by atoms with Crippen molar-refractivity contribution in [1.29, 1.82) is 0 Å². The molecule has 0 heterocycles. The molecule has 16 heavy (non-hydrogen) atoms. The highest BCUT2D eigenvalue weighted by molar-refractivity contribution is 9.10. The Morgan fingerprint density at radius 2 is 2.31 bits per heavy atom. The molecule has 0 saturated heterocycles. The molecule has 0 aromatic heterocycles. The van der Waals surface area contributed by atoms with E-state index in [-0.39, 0.29) is 0 Å². The first-order chi connectivity index (χ1) is 7.77. The van der Waals surface area contributed by atoms with Crippen LogP contribution in [0.5, 0.6) is 5.75 Å². The SMILES string of the molecule is C=CCCOc1ccc(CNCC)cc1Br. The number of ether oxygens (including phenoxy) is 1. The zero-order valence-corrected chi connectivity index (χ0v) is 11.2. The zero-order chi connectivity index (χ0) is 11.8. The van der Waals surface area contributed by atoms with Crippen LogP contribution in [0.25, 0.3) is 0 Å².